The van der Waals surface area contributed by atoms with E-state index in [1.807, 2.05) is 22.9 Å². The Labute approximate surface area is 241 Å². The summed E-state index contributed by atoms with van der Waals surface area (Å²) in [7, 11) is 3.20. The van der Waals surface area contributed by atoms with Crippen LogP contribution in [0.5, 0.6) is 11.5 Å². The summed E-state index contributed by atoms with van der Waals surface area (Å²) >= 11 is 0. The van der Waals surface area contributed by atoms with Crippen molar-refractivity contribution in [1.82, 2.24) is 15.1 Å². The monoisotopic (exact) mass is 565 g/mol. The van der Waals surface area contributed by atoms with Gasteiger partial charge >= 0.3 is 5.97 Å². The van der Waals surface area contributed by atoms with Crippen molar-refractivity contribution in [2.45, 2.75) is 83.4 Å². The minimum Gasteiger partial charge on any atom is -0.496 e. The summed E-state index contributed by atoms with van der Waals surface area (Å²) in [5.41, 5.74) is 1.98. The Kier molecular flexibility index (Phi) is 9.68. The van der Waals surface area contributed by atoms with Crippen LogP contribution in [0.25, 0.3) is 11.3 Å². The standard InChI is InChI=1S/C32H40FN3O5/c1-32(2,3)41-29(37)19-23(18-15-21-13-16-22(33)17-14-21)34-31(38)25-20-26(36(35-25)24-9-6-7-10-24)30-27(39-4)11-8-12-28(30)40-5/h8,11-14,16-17,20,23-24H,6-7,9-10,15,18-19H2,1-5H3,(H,34,38)/t23-/m0/s1. The van der Waals surface area contributed by atoms with Crippen LogP contribution < -0.4 is 14.8 Å². The maximum absolute atomic E-state index is 13.6. The summed E-state index contributed by atoms with van der Waals surface area (Å²) in [6, 6.07) is 13.2. The Morgan fingerprint density at radius 1 is 1.05 bits per heavy atom. The van der Waals surface area contributed by atoms with Gasteiger partial charge in [-0.2, -0.15) is 5.10 Å². The average Bonchev–Trinajstić information content (AvgIpc) is 3.61. The van der Waals surface area contributed by atoms with Crippen LogP contribution in [0.3, 0.4) is 0 Å². The molecule has 0 saturated heterocycles. The summed E-state index contributed by atoms with van der Waals surface area (Å²) in [6.07, 6.45) is 5.13. The molecular formula is C32H40FN3O5. The highest BCUT2D eigenvalue weighted by Gasteiger charge is 2.28. The van der Waals surface area contributed by atoms with Crippen molar-refractivity contribution in [3.8, 4) is 22.8 Å². The molecule has 9 heteroatoms. The summed E-state index contributed by atoms with van der Waals surface area (Å²) in [6.45, 7) is 5.42. The number of nitrogens with one attached hydrogen (secondary N) is 1. The number of aromatic nitrogens is 2. The first-order valence-corrected chi connectivity index (χ1v) is 14.2. The number of benzene rings is 2. The predicted molar refractivity (Wildman–Crippen MR) is 155 cm³/mol. The van der Waals surface area contributed by atoms with Gasteiger partial charge in [0.25, 0.3) is 5.91 Å². The van der Waals surface area contributed by atoms with Crippen molar-refractivity contribution in [3.63, 3.8) is 0 Å². The molecule has 1 N–H and O–H groups in total. The third kappa shape index (κ3) is 7.86. The number of esters is 1. The van der Waals surface area contributed by atoms with Crippen molar-refractivity contribution < 1.29 is 28.2 Å². The summed E-state index contributed by atoms with van der Waals surface area (Å²) in [5.74, 6) is 0.144. The van der Waals surface area contributed by atoms with Crippen LogP contribution in [0.1, 0.15) is 81.4 Å². The molecule has 3 aromatic rings. The minimum absolute atomic E-state index is 0.000721. The number of hydrogen-bond donors (Lipinski definition) is 1. The van der Waals surface area contributed by atoms with Gasteiger partial charge in [-0.3, -0.25) is 14.3 Å². The molecule has 1 atom stereocenters. The van der Waals surface area contributed by atoms with E-state index >= 15 is 0 Å². The molecule has 4 rings (SSSR count). The van der Waals surface area contributed by atoms with E-state index in [-0.39, 0.29) is 29.9 Å². The number of carbonyl (C=O) groups excluding carboxylic acids is 2. The van der Waals surface area contributed by atoms with Crippen LogP contribution in [0, 0.1) is 5.82 Å². The van der Waals surface area contributed by atoms with Gasteiger partial charge in [-0.15, -0.1) is 0 Å². The SMILES string of the molecule is COc1cccc(OC)c1-c1cc(C(=O)N[C@@H](CCc2ccc(F)cc2)CC(=O)OC(C)(C)C)nn1C1CCCC1. The molecular weight excluding hydrogens is 525 g/mol. The van der Waals surface area contributed by atoms with Gasteiger partial charge in [-0.05, 0) is 82.3 Å². The largest absolute Gasteiger partial charge is 0.496 e. The highest BCUT2D eigenvalue weighted by molar-refractivity contribution is 5.94. The van der Waals surface area contributed by atoms with Gasteiger partial charge in [0.05, 0.1) is 37.9 Å². The number of rotatable bonds is 11. The zero-order valence-corrected chi connectivity index (χ0v) is 24.5. The highest BCUT2D eigenvalue weighted by atomic mass is 19.1. The second-order valence-electron chi connectivity index (χ2n) is 11.5. The fourth-order valence-electron chi connectivity index (χ4n) is 5.28. The molecule has 0 unspecified atom stereocenters. The van der Waals surface area contributed by atoms with E-state index in [0.29, 0.717) is 24.3 Å². The molecule has 0 spiro atoms. The first-order valence-electron chi connectivity index (χ1n) is 14.2. The predicted octanol–water partition coefficient (Wildman–Crippen LogP) is 6.28. The van der Waals surface area contributed by atoms with Crippen LogP contribution in [0.2, 0.25) is 0 Å². The number of aryl methyl sites for hydroxylation is 1. The third-order valence-electron chi connectivity index (χ3n) is 7.19. The van der Waals surface area contributed by atoms with E-state index in [9.17, 15) is 14.0 Å². The molecule has 1 aliphatic carbocycles. The molecule has 41 heavy (non-hydrogen) atoms. The maximum atomic E-state index is 13.6. The molecule has 1 amide bonds. The minimum atomic E-state index is -0.647. The lowest BCUT2D eigenvalue weighted by molar-refractivity contribution is -0.155. The molecule has 1 aliphatic rings. The summed E-state index contributed by atoms with van der Waals surface area (Å²) in [5, 5.41) is 7.79. The van der Waals surface area contributed by atoms with Crippen molar-refractivity contribution in [1.29, 1.82) is 0 Å². The van der Waals surface area contributed by atoms with Crippen molar-refractivity contribution in [3.05, 3.63) is 65.6 Å². The topological polar surface area (TPSA) is 91.7 Å². The maximum Gasteiger partial charge on any atom is 0.308 e. The number of halogens is 1. The van der Waals surface area contributed by atoms with Gasteiger partial charge in [0.15, 0.2) is 5.69 Å². The smallest absolute Gasteiger partial charge is 0.308 e. The highest BCUT2D eigenvalue weighted by Crippen LogP contribution is 2.41. The van der Waals surface area contributed by atoms with Crippen molar-refractivity contribution >= 4 is 11.9 Å². The molecule has 0 bridgehead atoms. The number of hydrogen-bond acceptors (Lipinski definition) is 6. The first-order chi connectivity index (χ1) is 19.6. The summed E-state index contributed by atoms with van der Waals surface area (Å²) in [4.78, 5) is 26.4. The average molecular weight is 566 g/mol. The van der Waals surface area contributed by atoms with Gasteiger partial charge < -0.3 is 19.5 Å². The number of methoxy groups -OCH3 is 2. The second kappa shape index (κ2) is 13.2. The number of nitrogens with zero attached hydrogens (tertiary/aromatic N) is 2. The molecule has 8 nitrogen and oxygen atoms in total. The Hall–Kier alpha value is -3.88. The molecule has 1 saturated carbocycles. The van der Waals surface area contributed by atoms with Gasteiger partial charge in [0.2, 0.25) is 0 Å². The lowest BCUT2D eigenvalue weighted by Gasteiger charge is -2.23. The lowest BCUT2D eigenvalue weighted by Crippen LogP contribution is -2.38. The van der Waals surface area contributed by atoms with E-state index in [0.717, 1.165) is 42.5 Å². The molecule has 2 aromatic carbocycles. The number of carbonyl (C=O) groups is 2. The normalized spacial score (nSPS) is 14.5. The van der Waals surface area contributed by atoms with Gasteiger partial charge in [-0.1, -0.05) is 31.0 Å². The van der Waals surface area contributed by atoms with Crippen molar-refractivity contribution in [2.75, 3.05) is 14.2 Å². The van der Waals surface area contributed by atoms with Crippen LogP contribution >= 0.6 is 0 Å². The Morgan fingerprint density at radius 3 is 2.27 bits per heavy atom. The fraction of sp³-hybridized carbons (Fsp3) is 0.469. The van der Waals surface area contributed by atoms with Crippen LogP contribution in [-0.2, 0) is 16.0 Å². The molecule has 220 valence electrons. The molecule has 1 heterocycles. The van der Waals surface area contributed by atoms with E-state index in [1.165, 1.54) is 12.1 Å². The van der Waals surface area contributed by atoms with Crippen LogP contribution in [0.4, 0.5) is 4.39 Å². The van der Waals surface area contributed by atoms with Crippen LogP contribution in [-0.4, -0.2) is 47.5 Å². The molecule has 1 aromatic heterocycles. The fourth-order valence-corrected chi connectivity index (χ4v) is 5.28. The van der Waals surface area contributed by atoms with E-state index < -0.39 is 17.6 Å². The number of amides is 1. The second-order valence-corrected chi connectivity index (χ2v) is 11.5. The number of ether oxygens (including phenoxy) is 3. The quantitative estimate of drug-likeness (QED) is 0.275. The molecule has 1 fully saturated rings. The van der Waals surface area contributed by atoms with Crippen molar-refractivity contribution in [2.24, 2.45) is 0 Å². The molecule has 0 aliphatic heterocycles. The van der Waals surface area contributed by atoms with E-state index in [2.05, 4.69) is 5.32 Å². The lowest BCUT2D eigenvalue weighted by atomic mass is 10.0. The third-order valence-corrected chi connectivity index (χ3v) is 7.19. The Morgan fingerprint density at radius 2 is 1.68 bits per heavy atom. The van der Waals surface area contributed by atoms with Gasteiger partial charge in [0.1, 0.15) is 22.9 Å². The zero-order chi connectivity index (χ0) is 29.6. The zero-order valence-electron chi connectivity index (χ0n) is 24.5. The molecule has 0 radical (unpaired) electrons. The Balaban J connectivity index is 1.62. The van der Waals surface area contributed by atoms with Gasteiger partial charge in [0, 0.05) is 6.04 Å². The van der Waals surface area contributed by atoms with E-state index in [4.69, 9.17) is 19.3 Å². The summed E-state index contributed by atoms with van der Waals surface area (Å²) < 4.78 is 32.2. The first kappa shape index (κ1) is 30.1. The Bertz CT molecular complexity index is 1320. The van der Waals surface area contributed by atoms with Gasteiger partial charge in [-0.25, -0.2) is 4.39 Å². The van der Waals surface area contributed by atoms with E-state index in [1.54, 1.807) is 53.2 Å². The van der Waals surface area contributed by atoms with Crippen LogP contribution in [0.15, 0.2) is 48.5 Å².